The van der Waals surface area contributed by atoms with Gasteiger partial charge in [0, 0.05) is 31.6 Å². The van der Waals surface area contributed by atoms with Crippen molar-refractivity contribution in [3.8, 4) is 16.3 Å². The van der Waals surface area contributed by atoms with Crippen LogP contribution in [-0.2, 0) is 6.54 Å². The number of ether oxygens (including phenoxy) is 1. The van der Waals surface area contributed by atoms with Crippen LogP contribution in [0.2, 0.25) is 0 Å². The van der Waals surface area contributed by atoms with Crippen molar-refractivity contribution in [1.82, 2.24) is 14.8 Å². The third kappa shape index (κ3) is 4.28. The summed E-state index contributed by atoms with van der Waals surface area (Å²) < 4.78 is 5.83. The Labute approximate surface area is 195 Å². The minimum Gasteiger partial charge on any atom is -0.493 e. The van der Waals surface area contributed by atoms with Gasteiger partial charge in [-0.25, -0.2) is 4.98 Å². The Bertz CT molecular complexity index is 1210. The standard InChI is InChI=1S/C25H25N3O2S2/c1-2-30-21-10-9-18-6-3-4-7-19(18)24(21)25(29)28-13-11-27(12-14-28)16-23-26-20(17-32-23)22-8-5-15-31-22/h3-10,15,17H,2,11-14,16H2,1H3. The van der Waals surface area contributed by atoms with E-state index in [1.165, 1.54) is 4.88 Å². The monoisotopic (exact) mass is 463 g/mol. The van der Waals surface area contributed by atoms with Crippen molar-refractivity contribution in [3.63, 3.8) is 0 Å². The van der Waals surface area contributed by atoms with E-state index >= 15 is 0 Å². The molecule has 1 fully saturated rings. The van der Waals surface area contributed by atoms with E-state index < -0.39 is 0 Å². The highest BCUT2D eigenvalue weighted by Crippen LogP contribution is 2.30. The molecule has 0 atom stereocenters. The van der Waals surface area contributed by atoms with Crippen molar-refractivity contribution in [2.24, 2.45) is 0 Å². The lowest BCUT2D eigenvalue weighted by Crippen LogP contribution is -2.48. The summed E-state index contributed by atoms with van der Waals surface area (Å²) in [5.74, 6) is 0.724. The van der Waals surface area contributed by atoms with Crippen LogP contribution in [0.25, 0.3) is 21.3 Å². The fraction of sp³-hybridized carbons (Fsp3) is 0.280. The van der Waals surface area contributed by atoms with E-state index in [0.29, 0.717) is 31.0 Å². The summed E-state index contributed by atoms with van der Waals surface area (Å²) in [6.45, 7) is 6.41. The molecule has 0 bridgehead atoms. The first-order chi connectivity index (χ1) is 15.7. The molecule has 0 radical (unpaired) electrons. The molecule has 32 heavy (non-hydrogen) atoms. The average molecular weight is 464 g/mol. The lowest BCUT2D eigenvalue weighted by atomic mass is 10.0. The first-order valence-electron chi connectivity index (χ1n) is 10.9. The van der Waals surface area contributed by atoms with Crippen LogP contribution in [0.5, 0.6) is 5.75 Å². The zero-order chi connectivity index (χ0) is 21.9. The summed E-state index contributed by atoms with van der Waals surface area (Å²) in [6.07, 6.45) is 0. The smallest absolute Gasteiger partial charge is 0.258 e. The number of benzene rings is 2. The molecule has 4 aromatic rings. The first kappa shape index (κ1) is 21.1. The zero-order valence-corrected chi connectivity index (χ0v) is 19.6. The zero-order valence-electron chi connectivity index (χ0n) is 18.0. The normalized spacial score (nSPS) is 14.7. The number of piperazine rings is 1. The molecule has 0 spiro atoms. The van der Waals surface area contributed by atoms with E-state index in [1.807, 2.05) is 48.2 Å². The lowest BCUT2D eigenvalue weighted by molar-refractivity contribution is 0.0626. The summed E-state index contributed by atoms with van der Waals surface area (Å²) in [4.78, 5) is 23.9. The van der Waals surface area contributed by atoms with Gasteiger partial charge in [-0.3, -0.25) is 9.69 Å². The van der Waals surface area contributed by atoms with Crippen LogP contribution < -0.4 is 4.74 Å². The van der Waals surface area contributed by atoms with Crippen molar-refractivity contribution >= 4 is 39.4 Å². The maximum Gasteiger partial charge on any atom is 0.258 e. The Morgan fingerprint density at radius 2 is 1.88 bits per heavy atom. The molecule has 5 rings (SSSR count). The lowest BCUT2D eigenvalue weighted by Gasteiger charge is -2.34. The molecule has 0 N–H and O–H groups in total. The number of rotatable bonds is 6. The van der Waals surface area contributed by atoms with Crippen LogP contribution in [-0.4, -0.2) is 53.5 Å². The highest BCUT2D eigenvalue weighted by atomic mass is 32.1. The van der Waals surface area contributed by atoms with Gasteiger partial charge in [-0.2, -0.15) is 0 Å². The predicted molar refractivity (Wildman–Crippen MR) is 132 cm³/mol. The third-order valence-corrected chi connectivity index (χ3v) is 7.47. The number of thiazole rings is 1. The topological polar surface area (TPSA) is 45.7 Å². The Morgan fingerprint density at radius 3 is 2.66 bits per heavy atom. The molecule has 5 nitrogen and oxygen atoms in total. The van der Waals surface area contributed by atoms with Crippen LogP contribution in [0.3, 0.4) is 0 Å². The number of nitrogens with zero attached hydrogens (tertiary/aromatic N) is 3. The fourth-order valence-corrected chi connectivity index (χ4v) is 5.72. The van der Waals surface area contributed by atoms with E-state index in [2.05, 4.69) is 27.8 Å². The number of fused-ring (bicyclic) bond motifs is 1. The Balaban J connectivity index is 1.28. The maximum absolute atomic E-state index is 13.5. The molecule has 3 heterocycles. The van der Waals surface area contributed by atoms with E-state index in [9.17, 15) is 4.79 Å². The first-order valence-corrected chi connectivity index (χ1v) is 12.6. The molecule has 0 unspecified atom stereocenters. The third-order valence-electron chi connectivity index (χ3n) is 5.75. The van der Waals surface area contributed by atoms with Gasteiger partial charge in [0.2, 0.25) is 0 Å². The number of carbonyl (C=O) groups excluding carboxylic acids is 1. The summed E-state index contributed by atoms with van der Waals surface area (Å²) >= 11 is 3.43. The van der Waals surface area contributed by atoms with Crippen LogP contribution >= 0.6 is 22.7 Å². The van der Waals surface area contributed by atoms with Crippen LogP contribution in [0.4, 0.5) is 0 Å². The Hall–Kier alpha value is -2.74. The second-order valence-electron chi connectivity index (χ2n) is 7.76. The minimum absolute atomic E-state index is 0.0548. The summed E-state index contributed by atoms with van der Waals surface area (Å²) in [5, 5.41) is 7.35. The highest BCUT2D eigenvalue weighted by molar-refractivity contribution is 7.14. The molecule has 1 aliphatic rings. The van der Waals surface area contributed by atoms with E-state index in [-0.39, 0.29) is 5.91 Å². The molecule has 164 valence electrons. The number of thiophene rings is 1. The summed E-state index contributed by atoms with van der Waals surface area (Å²) in [6, 6.07) is 16.1. The number of hydrogen-bond donors (Lipinski definition) is 0. The van der Waals surface area contributed by atoms with Crippen molar-refractivity contribution in [2.45, 2.75) is 13.5 Å². The predicted octanol–water partition coefficient (Wildman–Crippen LogP) is 5.38. The molecular formula is C25H25N3O2S2. The fourth-order valence-electron chi connectivity index (χ4n) is 4.13. The molecule has 0 aliphatic carbocycles. The Kier molecular flexibility index (Phi) is 6.21. The second kappa shape index (κ2) is 9.40. The molecule has 2 aromatic heterocycles. The van der Waals surface area contributed by atoms with Gasteiger partial charge in [0.05, 0.1) is 29.3 Å². The largest absolute Gasteiger partial charge is 0.493 e. The molecule has 0 saturated carbocycles. The van der Waals surface area contributed by atoms with Gasteiger partial charge in [0.1, 0.15) is 10.8 Å². The van der Waals surface area contributed by atoms with Crippen molar-refractivity contribution in [3.05, 3.63) is 69.9 Å². The van der Waals surface area contributed by atoms with Gasteiger partial charge in [0.25, 0.3) is 5.91 Å². The SMILES string of the molecule is CCOc1ccc2ccccc2c1C(=O)N1CCN(Cc2nc(-c3cccs3)cs2)CC1. The van der Waals surface area contributed by atoms with Gasteiger partial charge in [-0.1, -0.05) is 36.4 Å². The maximum atomic E-state index is 13.5. The average Bonchev–Trinajstić information content (AvgIpc) is 3.51. The number of hydrogen-bond acceptors (Lipinski definition) is 6. The van der Waals surface area contributed by atoms with Crippen molar-refractivity contribution in [2.75, 3.05) is 32.8 Å². The van der Waals surface area contributed by atoms with Crippen molar-refractivity contribution in [1.29, 1.82) is 0 Å². The van der Waals surface area contributed by atoms with Gasteiger partial charge >= 0.3 is 0 Å². The van der Waals surface area contributed by atoms with Crippen molar-refractivity contribution < 1.29 is 9.53 Å². The van der Waals surface area contributed by atoms with Gasteiger partial charge < -0.3 is 9.64 Å². The van der Waals surface area contributed by atoms with Gasteiger partial charge in [0.15, 0.2) is 0 Å². The molecule has 1 amide bonds. The van der Waals surface area contributed by atoms with Gasteiger partial charge in [-0.15, -0.1) is 22.7 Å². The van der Waals surface area contributed by atoms with Gasteiger partial charge in [-0.05, 0) is 35.2 Å². The minimum atomic E-state index is 0.0548. The molecule has 1 saturated heterocycles. The molecule has 2 aromatic carbocycles. The molecular weight excluding hydrogens is 438 g/mol. The quantitative estimate of drug-likeness (QED) is 0.385. The number of amides is 1. The van der Waals surface area contributed by atoms with E-state index in [0.717, 1.165) is 41.1 Å². The van der Waals surface area contributed by atoms with Crippen LogP contribution in [0.15, 0.2) is 59.3 Å². The number of aromatic nitrogens is 1. The highest BCUT2D eigenvalue weighted by Gasteiger charge is 2.26. The number of carbonyl (C=O) groups is 1. The van der Waals surface area contributed by atoms with E-state index in [4.69, 9.17) is 9.72 Å². The Morgan fingerprint density at radius 1 is 1.03 bits per heavy atom. The van der Waals surface area contributed by atoms with Crippen LogP contribution in [0.1, 0.15) is 22.3 Å². The summed E-state index contributed by atoms with van der Waals surface area (Å²) in [7, 11) is 0. The second-order valence-corrected chi connectivity index (χ2v) is 9.66. The molecule has 7 heteroatoms. The van der Waals surface area contributed by atoms with Crippen LogP contribution in [0, 0.1) is 0 Å². The summed E-state index contributed by atoms with van der Waals surface area (Å²) in [5.41, 5.74) is 1.74. The molecule has 1 aliphatic heterocycles. The van der Waals surface area contributed by atoms with E-state index in [1.54, 1.807) is 22.7 Å².